The number of likely N-dealkylation sites (N-methyl/N-ethyl adjacent to an activating group) is 2. The maximum atomic E-state index is 3.24. The Kier molecular flexibility index (Phi) is 5.94. The molecule has 17 heavy (non-hydrogen) atoms. The van der Waals surface area contributed by atoms with Crippen molar-refractivity contribution in [3.05, 3.63) is 0 Å². The zero-order chi connectivity index (χ0) is 12.9. The average Bonchev–Trinajstić information content (AvgIpc) is 2.50. The van der Waals surface area contributed by atoms with Crippen LogP contribution in [0, 0.1) is 11.3 Å². The first-order valence-electron chi connectivity index (χ1n) is 7.30. The van der Waals surface area contributed by atoms with Gasteiger partial charge in [-0.1, -0.05) is 27.2 Å². The number of hydrogen-bond acceptors (Lipinski definition) is 2. The van der Waals surface area contributed by atoms with Crippen LogP contribution in [-0.4, -0.2) is 38.1 Å². The summed E-state index contributed by atoms with van der Waals surface area (Å²) in [4.78, 5) is 2.56. The van der Waals surface area contributed by atoms with Gasteiger partial charge in [0.15, 0.2) is 0 Å². The van der Waals surface area contributed by atoms with Gasteiger partial charge in [-0.05, 0) is 51.1 Å². The van der Waals surface area contributed by atoms with E-state index >= 15 is 0 Å². The van der Waals surface area contributed by atoms with Gasteiger partial charge in [0.2, 0.25) is 0 Å². The molecule has 0 heterocycles. The van der Waals surface area contributed by atoms with E-state index in [1.54, 1.807) is 0 Å². The molecule has 1 saturated carbocycles. The molecule has 1 aliphatic rings. The van der Waals surface area contributed by atoms with Crippen molar-refractivity contribution in [1.82, 2.24) is 10.2 Å². The fourth-order valence-electron chi connectivity index (χ4n) is 3.06. The lowest BCUT2D eigenvalue weighted by Crippen LogP contribution is -2.36. The molecule has 0 aliphatic heterocycles. The van der Waals surface area contributed by atoms with Crippen molar-refractivity contribution in [1.29, 1.82) is 0 Å². The molecule has 0 radical (unpaired) electrons. The minimum atomic E-state index is 0.498. The number of rotatable bonds is 4. The predicted octanol–water partition coefficient (Wildman–Crippen LogP) is 3.13. The topological polar surface area (TPSA) is 15.3 Å². The third-order valence-electron chi connectivity index (χ3n) is 4.50. The monoisotopic (exact) mass is 240 g/mol. The maximum absolute atomic E-state index is 3.24. The third-order valence-corrected chi connectivity index (χ3v) is 4.50. The molecule has 0 bridgehead atoms. The molecule has 1 fully saturated rings. The molecule has 1 aliphatic carbocycles. The molecule has 2 atom stereocenters. The van der Waals surface area contributed by atoms with Crippen molar-refractivity contribution in [2.75, 3.05) is 27.2 Å². The highest BCUT2D eigenvalue weighted by Crippen LogP contribution is 2.37. The van der Waals surface area contributed by atoms with Gasteiger partial charge in [-0.15, -0.1) is 0 Å². The van der Waals surface area contributed by atoms with Gasteiger partial charge in [-0.25, -0.2) is 0 Å². The Balaban J connectivity index is 2.42. The molecule has 1 rings (SSSR count). The van der Waals surface area contributed by atoms with E-state index in [0.717, 1.165) is 18.5 Å². The van der Waals surface area contributed by atoms with E-state index in [1.807, 2.05) is 7.05 Å². The van der Waals surface area contributed by atoms with E-state index in [0.29, 0.717) is 5.41 Å². The van der Waals surface area contributed by atoms with Crippen LogP contribution in [0.1, 0.15) is 52.9 Å². The van der Waals surface area contributed by atoms with E-state index < -0.39 is 0 Å². The minimum absolute atomic E-state index is 0.498. The Morgan fingerprint density at radius 1 is 1.12 bits per heavy atom. The number of nitrogens with one attached hydrogen (secondary N) is 1. The first-order valence-corrected chi connectivity index (χ1v) is 7.30. The molecule has 2 unspecified atom stereocenters. The quantitative estimate of drug-likeness (QED) is 0.760. The molecule has 2 nitrogen and oxygen atoms in total. The summed E-state index contributed by atoms with van der Waals surface area (Å²) in [5, 5.41) is 3.24. The zero-order valence-electron chi connectivity index (χ0n) is 12.6. The molecule has 2 heteroatoms. The van der Waals surface area contributed by atoms with E-state index in [1.165, 1.54) is 38.6 Å². The van der Waals surface area contributed by atoms with Gasteiger partial charge in [0.1, 0.15) is 0 Å². The van der Waals surface area contributed by atoms with Crippen LogP contribution in [-0.2, 0) is 0 Å². The summed E-state index contributed by atoms with van der Waals surface area (Å²) in [5.41, 5.74) is 0.498. The van der Waals surface area contributed by atoms with Crippen LogP contribution in [0.25, 0.3) is 0 Å². The smallest absolute Gasteiger partial charge is 0.0107 e. The average molecular weight is 240 g/mol. The summed E-state index contributed by atoms with van der Waals surface area (Å²) in [6.07, 6.45) is 7.05. The van der Waals surface area contributed by atoms with E-state index in [9.17, 15) is 0 Å². The van der Waals surface area contributed by atoms with Crippen molar-refractivity contribution in [3.63, 3.8) is 0 Å². The number of nitrogens with zero attached hydrogens (tertiary/aromatic N) is 1. The molecular weight excluding hydrogens is 208 g/mol. The lowest BCUT2D eigenvalue weighted by Gasteiger charge is -2.30. The Hall–Kier alpha value is -0.0800. The summed E-state index contributed by atoms with van der Waals surface area (Å²) in [6.45, 7) is 9.51. The highest BCUT2D eigenvalue weighted by atomic mass is 15.1. The van der Waals surface area contributed by atoms with E-state index in [-0.39, 0.29) is 0 Å². The molecule has 1 N–H and O–H groups in total. The van der Waals surface area contributed by atoms with Crippen molar-refractivity contribution in [2.45, 2.75) is 58.9 Å². The summed E-state index contributed by atoms with van der Waals surface area (Å²) >= 11 is 0. The predicted molar refractivity (Wildman–Crippen MR) is 76.4 cm³/mol. The number of hydrogen-bond donors (Lipinski definition) is 1. The summed E-state index contributed by atoms with van der Waals surface area (Å²) in [5.74, 6) is 0.921. The molecule has 102 valence electrons. The van der Waals surface area contributed by atoms with Crippen molar-refractivity contribution >= 4 is 0 Å². The summed E-state index contributed by atoms with van der Waals surface area (Å²) in [6, 6.07) is 0.815. The van der Waals surface area contributed by atoms with E-state index in [4.69, 9.17) is 0 Å². The standard InChI is InChI=1S/C15H32N2/c1-15(2,3)13-7-6-8-14(10-9-13)17(5)12-11-16-4/h13-14,16H,6-12H2,1-5H3. The second-order valence-electron chi connectivity index (χ2n) is 6.81. The highest BCUT2D eigenvalue weighted by Gasteiger charge is 2.28. The second-order valence-corrected chi connectivity index (χ2v) is 6.81. The zero-order valence-corrected chi connectivity index (χ0v) is 12.6. The Morgan fingerprint density at radius 2 is 1.82 bits per heavy atom. The van der Waals surface area contributed by atoms with Crippen molar-refractivity contribution in [2.24, 2.45) is 11.3 Å². The SMILES string of the molecule is CNCCN(C)C1CCCC(C(C)(C)C)CC1. The van der Waals surface area contributed by atoms with Gasteiger partial charge < -0.3 is 10.2 Å². The van der Waals surface area contributed by atoms with Crippen LogP contribution in [0.2, 0.25) is 0 Å². The molecular formula is C15H32N2. The third kappa shape index (κ3) is 4.97. The van der Waals surface area contributed by atoms with Gasteiger partial charge in [0.25, 0.3) is 0 Å². The van der Waals surface area contributed by atoms with Crippen LogP contribution in [0.4, 0.5) is 0 Å². The Bertz CT molecular complexity index is 207. The molecule has 0 aromatic rings. The van der Waals surface area contributed by atoms with Crippen LogP contribution in [0.15, 0.2) is 0 Å². The van der Waals surface area contributed by atoms with Crippen LogP contribution in [0.3, 0.4) is 0 Å². The normalized spacial score (nSPS) is 27.2. The van der Waals surface area contributed by atoms with Crippen LogP contribution < -0.4 is 5.32 Å². The summed E-state index contributed by atoms with van der Waals surface area (Å²) < 4.78 is 0. The highest BCUT2D eigenvalue weighted by molar-refractivity contribution is 4.81. The lowest BCUT2D eigenvalue weighted by molar-refractivity contribution is 0.196. The maximum Gasteiger partial charge on any atom is 0.0107 e. The fourth-order valence-corrected chi connectivity index (χ4v) is 3.06. The fraction of sp³-hybridized carbons (Fsp3) is 1.00. The molecule has 0 aromatic heterocycles. The van der Waals surface area contributed by atoms with Crippen molar-refractivity contribution in [3.8, 4) is 0 Å². The van der Waals surface area contributed by atoms with Crippen molar-refractivity contribution < 1.29 is 0 Å². The molecule has 0 saturated heterocycles. The first-order chi connectivity index (χ1) is 7.95. The largest absolute Gasteiger partial charge is 0.318 e. The minimum Gasteiger partial charge on any atom is -0.318 e. The van der Waals surface area contributed by atoms with Gasteiger partial charge in [0, 0.05) is 19.1 Å². The van der Waals surface area contributed by atoms with Crippen LogP contribution >= 0.6 is 0 Å². The van der Waals surface area contributed by atoms with Gasteiger partial charge in [0.05, 0.1) is 0 Å². The molecule has 0 amide bonds. The lowest BCUT2D eigenvalue weighted by atomic mass is 9.76. The van der Waals surface area contributed by atoms with Gasteiger partial charge in [-0.2, -0.15) is 0 Å². The Morgan fingerprint density at radius 3 is 2.41 bits per heavy atom. The second kappa shape index (κ2) is 6.75. The Labute approximate surface area is 108 Å². The molecule has 0 aromatic carbocycles. The summed E-state index contributed by atoms with van der Waals surface area (Å²) in [7, 11) is 4.33. The first kappa shape index (κ1) is 15.0. The van der Waals surface area contributed by atoms with Gasteiger partial charge in [-0.3, -0.25) is 0 Å². The van der Waals surface area contributed by atoms with E-state index in [2.05, 4.69) is 38.0 Å². The van der Waals surface area contributed by atoms with Crippen LogP contribution in [0.5, 0.6) is 0 Å². The molecule has 0 spiro atoms. The van der Waals surface area contributed by atoms with Gasteiger partial charge >= 0.3 is 0 Å².